The van der Waals surface area contributed by atoms with Crippen molar-refractivity contribution >= 4 is 12.4 Å². The van der Waals surface area contributed by atoms with Crippen LogP contribution >= 0.6 is 12.4 Å². The highest BCUT2D eigenvalue weighted by atomic mass is 35.5. The molecule has 6 nitrogen and oxygen atoms in total. The lowest BCUT2D eigenvalue weighted by atomic mass is 10.00. The summed E-state index contributed by atoms with van der Waals surface area (Å²) < 4.78 is 16.1. The zero-order valence-corrected chi connectivity index (χ0v) is 16.1. The van der Waals surface area contributed by atoms with Crippen molar-refractivity contribution in [2.24, 2.45) is 0 Å². The fraction of sp³-hybridized carbons (Fsp3) is 0.300. The molecular weight excluding hydrogens is 366 g/mol. The first-order valence-electron chi connectivity index (χ1n) is 8.67. The van der Waals surface area contributed by atoms with Crippen molar-refractivity contribution in [1.29, 1.82) is 0 Å². The molecule has 0 radical (unpaired) electrons. The van der Waals surface area contributed by atoms with Gasteiger partial charge in [0.2, 0.25) is 5.82 Å². The van der Waals surface area contributed by atoms with Gasteiger partial charge in [-0.05, 0) is 67.4 Å². The van der Waals surface area contributed by atoms with Gasteiger partial charge in [-0.2, -0.15) is 4.98 Å². The Morgan fingerprint density at radius 2 is 1.63 bits per heavy atom. The molecule has 0 fully saturated rings. The third-order valence-corrected chi connectivity index (χ3v) is 4.66. The standard InChI is InChI=1S/C20H21N3O3.ClH/c1-24-17-6-5-15(12-18(17)25-2)19-22-20(26-23-19)16-4-3-13-7-9-21-10-8-14(13)11-16;/h3-6,11-12,21H,7-10H2,1-2H3;1H. The van der Waals surface area contributed by atoms with Crippen LogP contribution in [0.15, 0.2) is 40.9 Å². The van der Waals surface area contributed by atoms with Gasteiger partial charge in [0.25, 0.3) is 5.89 Å². The first-order valence-corrected chi connectivity index (χ1v) is 8.67. The molecule has 1 aliphatic heterocycles. The van der Waals surface area contributed by atoms with Gasteiger partial charge in [-0.1, -0.05) is 11.2 Å². The normalized spacial score (nSPS) is 13.3. The van der Waals surface area contributed by atoms with Gasteiger partial charge in [0.1, 0.15) is 0 Å². The first kappa shape index (κ1) is 19.2. The quantitative estimate of drug-likeness (QED) is 0.738. The molecule has 0 amide bonds. The van der Waals surface area contributed by atoms with Gasteiger partial charge in [0.05, 0.1) is 14.2 Å². The molecule has 1 aromatic heterocycles. The molecule has 7 heteroatoms. The molecule has 3 aromatic rings. The number of halogens is 1. The van der Waals surface area contributed by atoms with E-state index in [0.717, 1.165) is 37.1 Å². The van der Waals surface area contributed by atoms with E-state index in [2.05, 4.69) is 33.7 Å². The second-order valence-electron chi connectivity index (χ2n) is 6.23. The van der Waals surface area contributed by atoms with Crippen molar-refractivity contribution in [1.82, 2.24) is 15.5 Å². The molecule has 4 rings (SSSR count). The van der Waals surface area contributed by atoms with Gasteiger partial charge in [-0.3, -0.25) is 0 Å². The first-order chi connectivity index (χ1) is 12.8. The summed E-state index contributed by atoms with van der Waals surface area (Å²) in [5.41, 5.74) is 4.50. The number of fused-ring (bicyclic) bond motifs is 1. The summed E-state index contributed by atoms with van der Waals surface area (Å²) in [6.07, 6.45) is 2.07. The van der Waals surface area contributed by atoms with E-state index >= 15 is 0 Å². The number of methoxy groups -OCH3 is 2. The number of ether oxygens (including phenoxy) is 2. The van der Waals surface area contributed by atoms with Crippen LogP contribution in [0.2, 0.25) is 0 Å². The average Bonchev–Trinajstić information content (AvgIpc) is 3.06. The van der Waals surface area contributed by atoms with Crippen LogP contribution < -0.4 is 14.8 Å². The van der Waals surface area contributed by atoms with Crippen LogP contribution in [0.1, 0.15) is 11.1 Å². The van der Waals surface area contributed by atoms with E-state index in [1.807, 2.05) is 18.2 Å². The molecular formula is C20H22ClN3O3. The Balaban J connectivity index is 0.00000210. The number of hydrogen-bond acceptors (Lipinski definition) is 6. The molecule has 0 bridgehead atoms. The SMILES string of the molecule is COc1ccc(-c2noc(-c3ccc4c(c3)CCNCC4)n2)cc1OC.Cl. The Morgan fingerprint density at radius 3 is 2.41 bits per heavy atom. The van der Waals surface area contributed by atoms with E-state index in [4.69, 9.17) is 14.0 Å². The van der Waals surface area contributed by atoms with E-state index in [9.17, 15) is 0 Å². The Labute approximate surface area is 164 Å². The van der Waals surface area contributed by atoms with E-state index < -0.39 is 0 Å². The smallest absolute Gasteiger partial charge is 0.258 e. The number of nitrogens with one attached hydrogen (secondary N) is 1. The molecule has 0 saturated carbocycles. The predicted octanol–water partition coefficient (Wildman–Crippen LogP) is 3.53. The second kappa shape index (κ2) is 8.41. The molecule has 0 unspecified atom stereocenters. The topological polar surface area (TPSA) is 69.4 Å². The van der Waals surface area contributed by atoms with Gasteiger partial charge in [-0.25, -0.2) is 0 Å². The van der Waals surface area contributed by atoms with Crippen molar-refractivity contribution < 1.29 is 14.0 Å². The predicted molar refractivity (Wildman–Crippen MR) is 106 cm³/mol. The Kier molecular flexibility index (Phi) is 5.98. The lowest BCUT2D eigenvalue weighted by Gasteiger charge is -2.07. The Hall–Kier alpha value is -2.57. The third kappa shape index (κ3) is 3.91. The largest absolute Gasteiger partial charge is 0.493 e. The lowest BCUT2D eigenvalue weighted by Crippen LogP contribution is -2.16. The lowest BCUT2D eigenvalue weighted by molar-refractivity contribution is 0.355. The summed E-state index contributed by atoms with van der Waals surface area (Å²) in [5, 5.41) is 7.56. The van der Waals surface area contributed by atoms with Gasteiger partial charge >= 0.3 is 0 Å². The number of nitrogens with zero attached hydrogens (tertiary/aromatic N) is 2. The Bertz CT molecular complexity index is 927. The Morgan fingerprint density at radius 1 is 0.889 bits per heavy atom. The van der Waals surface area contributed by atoms with Gasteiger partial charge in [0, 0.05) is 11.1 Å². The fourth-order valence-electron chi connectivity index (χ4n) is 3.24. The zero-order chi connectivity index (χ0) is 17.9. The highest BCUT2D eigenvalue weighted by molar-refractivity contribution is 5.85. The maximum Gasteiger partial charge on any atom is 0.258 e. The number of aromatic nitrogens is 2. The molecule has 1 aliphatic rings. The van der Waals surface area contributed by atoms with Gasteiger partial charge < -0.3 is 19.3 Å². The van der Waals surface area contributed by atoms with Crippen molar-refractivity contribution in [2.75, 3.05) is 27.3 Å². The highest BCUT2D eigenvalue weighted by Crippen LogP contribution is 2.32. The number of rotatable bonds is 4. The van der Waals surface area contributed by atoms with Crippen LogP contribution in [0.5, 0.6) is 11.5 Å². The molecule has 142 valence electrons. The minimum atomic E-state index is 0. The molecule has 2 heterocycles. The summed E-state index contributed by atoms with van der Waals surface area (Å²) in [6, 6.07) is 11.9. The van der Waals surface area contributed by atoms with Gasteiger partial charge in [-0.15, -0.1) is 12.4 Å². The summed E-state index contributed by atoms with van der Waals surface area (Å²) in [4.78, 5) is 4.56. The minimum absolute atomic E-state index is 0. The maximum absolute atomic E-state index is 5.51. The molecule has 0 atom stereocenters. The number of hydrogen-bond donors (Lipinski definition) is 1. The van der Waals surface area contributed by atoms with Crippen LogP contribution in [0.25, 0.3) is 22.8 Å². The summed E-state index contributed by atoms with van der Waals surface area (Å²) >= 11 is 0. The van der Waals surface area contributed by atoms with Crippen LogP contribution in [-0.2, 0) is 12.8 Å². The molecule has 0 aliphatic carbocycles. The van der Waals surface area contributed by atoms with Crippen molar-refractivity contribution in [3.8, 4) is 34.3 Å². The maximum atomic E-state index is 5.51. The zero-order valence-electron chi connectivity index (χ0n) is 15.3. The third-order valence-electron chi connectivity index (χ3n) is 4.66. The summed E-state index contributed by atoms with van der Waals surface area (Å²) in [7, 11) is 3.21. The van der Waals surface area contributed by atoms with E-state index in [0.29, 0.717) is 23.2 Å². The molecule has 0 saturated heterocycles. The van der Waals surface area contributed by atoms with Crippen molar-refractivity contribution in [3.63, 3.8) is 0 Å². The van der Waals surface area contributed by atoms with Crippen LogP contribution in [0.3, 0.4) is 0 Å². The molecule has 27 heavy (non-hydrogen) atoms. The molecule has 1 N–H and O–H groups in total. The fourth-order valence-corrected chi connectivity index (χ4v) is 3.24. The average molecular weight is 388 g/mol. The van der Waals surface area contributed by atoms with Crippen molar-refractivity contribution in [3.05, 3.63) is 47.5 Å². The van der Waals surface area contributed by atoms with E-state index in [1.165, 1.54) is 11.1 Å². The van der Waals surface area contributed by atoms with Crippen LogP contribution in [0.4, 0.5) is 0 Å². The second-order valence-corrected chi connectivity index (χ2v) is 6.23. The summed E-state index contributed by atoms with van der Waals surface area (Å²) in [5.74, 6) is 2.35. The van der Waals surface area contributed by atoms with Crippen LogP contribution in [-0.4, -0.2) is 37.4 Å². The number of benzene rings is 2. The molecule has 2 aromatic carbocycles. The van der Waals surface area contributed by atoms with Gasteiger partial charge in [0.15, 0.2) is 11.5 Å². The van der Waals surface area contributed by atoms with E-state index in [-0.39, 0.29) is 12.4 Å². The van der Waals surface area contributed by atoms with E-state index in [1.54, 1.807) is 14.2 Å². The summed E-state index contributed by atoms with van der Waals surface area (Å²) in [6.45, 7) is 2.02. The minimum Gasteiger partial charge on any atom is -0.493 e. The monoisotopic (exact) mass is 387 g/mol. The molecule has 0 spiro atoms. The highest BCUT2D eigenvalue weighted by Gasteiger charge is 2.15. The van der Waals surface area contributed by atoms with Crippen LogP contribution in [0, 0.1) is 0 Å². The van der Waals surface area contributed by atoms with Crippen molar-refractivity contribution in [2.45, 2.75) is 12.8 Å².